The average molecular weight is 952 g/mol. The van der Waals surface area contributed by atoms with Gasteiger partial charge in [0.1, 0.15) is 11.3 Å². The van der Waals surface area contributed by atoms with E-state index in [0.29, 0.717) is 45.1 Å². The second kappa shape index (κ2) is 18.5. The normalized spacial score (nSPS) is 22.1. The zero-order valence-corrected chi connectivity index (χ0v) is 39.2. The van der Waals surface area contributed by atoms with Gasteiger partial charge in [-0.1, -0.05) is 43.2 Å². The number of sulfonamides is 1. The molecule has 5 aromatic rings. The summed E-state index contributed by atoms with van der Waals surface area (Å²) < 4.78 is 47.4. The molecule has 18 heteroatoms. The Morgan fingerprint density at radius 3 is 2.55 bits per heavy atom. The van der Waals surface area contributed by atoms with Crippen LogP contribution in [0.2, 0.25) is 5.02 Å². The van der Waals surface area contributed by atoms with Crippen molar-refractivity contribution in [1.82, 2.24) is 19.6 Å². The first kappa shape index (κ1) is 45.2. The van der Waals surface area contributed by atoms with Crippen LogP contribution >= 0.6 is 11.6 Å². The third-order valence-corrected chi connectivity index (χ3v) is 15.5. The van der Waals surface area contributed by atoms with E-state index in [-0.39, 0.29) is 41.3 Å². The van der Waals surface area contributed by atoms with Crippen molar-refractivity contribution in [1.29, 1.82) is 0 Å². The van der Waals surface area contributed by atoms with Crippen molar-refractivity contribution >= 4 is 72.6 Å². The van der Waals surface area contributed by atoms with Crippen LogP contribution < -0.4 is 19.8 Å². The minimum absolute atomic E-state index is 0.0920. The molecule has 0 saturated carbocycles. The number of benzene rings is 3. The van der Waals surface area contributed by atoms with E-state index in [1.54, 1.807) is 6.07 Å². The van der Waals surface area contributed by atoms with E-state index in [2.05, 4.69) is 61.8 Å². The van der Waals surface area contributed by atoms with Gasteiger partial charge >= 0.3 is 0 Å². The lowest BCUT2D eigenvalue weighted by atomic mass is 9.72. The topological polar surface area (TPSA) is 185 Å². The highest BCUT2D eigenvalue weighted by molar-refractivity contribution is 7.90. The number of nitrogens with zero attached hydrogens (tertiary/aromatic N) is 5. The lowest BCUT2D eigenvalue weighted by molar-refractivity contribution is -0.384. The van der Waals surface area contributed by atoms with E-state index in [0.717, 1.165) is 91.2 Å². The van der Waals surface area contributed by atoms with Crippen molar-refractivity contribution in [2.75, 3.05) is 87.4 Å². The van der Waals surface area contributed by atoms with Crippen molar-refractivity contribution in [3.8, 4) is 0 Å². The Labute approximate surface area is 394 Å². The summed E-state index contributed by atoms with van der Waals surface area (Å²) in [7, 11) is -4.60. The zero-order chi connectivity index (χ0) is 46.5. The van der Waals surface area contributed by atoms with E-state index < -0.39 is 31.4 Å². The van der Waals surface area contributed by atoms with Gasteiger partial charge in [0.2, 0.25) is 0 Å². The van der Waals surface area contributed by atoms with Gasteiger partial charge in [-0.25, -0.2) is 18.1 Å². The average Bonchev–Trinajstić information content (AvgIpc) is 3.92. The Hall–Kier alpha value is -5.56. The van der Waals surface area contributed by atoms with E-state index in [1.165, 1.54) is 28.8 Å². The number of halogens is 1. The Bertz CT molecular complexity index is 2840. The maximum atomic E-state index is 14.6. The summed E-state index contributed by atoms with van der Waals surface area (Å²) >= 11 is 6.28. The van der Waals surface area contributed by atoms with Gasteiger partial charge < -0.3 is 34.3 Å². The van der Waals surface area contributed by atoms with Gasteiger partial charge in [0.25, 0.3) is 21.6 Å². The van der Waals surface area contributed by atoms with E-state index >= 15 is 0 Å². The van der Waals surface area contributed by atoms with Gasteiger partial charge in [0, 0.05) is 86.2 Å². The number of anilines is 4. The molecule has 6 heterocycles. The largest absolute Gasteiger partial charge is 0.381 e. The number of hydrogen-bond donors (Lipinski definition) is 3. The number of pyridine rings is 1. The van der Waals surface area contributed by atoms with Gasteiger partial charge in [0.05, 0.1) is 65.0 Å². The molecule has 0 radical (unpaired) electrons. The summed E-state index contributed by atoms with van der Waals surface area (Å²) in [5, 5.41) is 16.9. The molecule has 2 unspecified atom stereocenters. The molecule has 3 N–H and O–H groups in total. The molecule has 2 aromatic heterocycles. The second-order valence-corrected chi connectivity index (χ2v) is 21.0. The second-order valence-electron chi connectivity index (χ2n) is 18.9. The highest BCUT2D eigenvalue weighted by Crippen LogP contribution is 2.50. The number of carbonyl (C=O) groups excluding carboxylic acids is 1. The Balaban J connectivity index is 0.943. The summed E-state index contributed by atoms with van der Waals surface area (Å²) in [5.41, 5.74) is 8.04. The van der Waals surface area contributed by atoms with Gasteiger partial charge in [-0.3, -0.25) is 19.8 Å². The van der Waals surface area contributed by atoms with Crippen LogP contribution in [0.5, 0.6) is 0 Å². The Kier molecular flexibility index (Phi) is 12.5. The number of nitrogens with one attached hydrogen (secondary N) is 3. The van der Waals surface area contributed by atoms with Crippen LogP contribution in [-0.2, 0) is 24.2 Å². The SMILES string of the molecule is CC1(C)CCC(CN2CCN(c3ccc(C(=O)NS(=O)(=O)c4ccc(NC[C@H]5COCCO5)c([N+](=O)[O-])c4)c(N4c5cc6cc[nH]c6nc5C5COCCC54)c3)CC2)=C(c2ccc(Cl)cc2)C1. The smallest absolute Gasteiger partial charge is 0.293 e. The third kappa shape index (κ3) is 9.37. The number of carbonyl (C=O) groups is 1. The fraction of sp³-hybridized carbons (Fsp3) is 0.429. The van der Waals surface area contributed by atoms with Crippen molar-refractivity contribution in [3.63, 3.8) is 0 Å². The molecule has 3 fully saturated rings. The van der Waals surface area contributed by atoms with Gasteiger partial charge in [0.15, 0.2) is 0 Å². The summed E-state index contributed by atoms with van der Waals surface area (Å²) in [6.07, 6.45) is 5.38. The Morgan fingerprint density at radius 2 is 1.78 bits per heavy atom. The molecule has 67 heavy (non-hydrogen) atoms. The number of aromatic amines is 1. The lowest BCUT2D eigenvalue weighted by Crippen LogP contribution is -2.47. The number of nitro groups is 1. The number of hydrogen-bond acceptors (Lipinski definition) is 13. The fourth-order valence-corrected chi connectivity index (χ4v) is 11.4. The molecular formula is C49H55ClN8O8S. The summed E-state index contributed by atoms with van der Waals surface area (Å²) in [6.45, 7) is 11.2. The number of nitro benzene ring substituents is 1. The van der Waals surface area contributed by atoms with Gasteiger partial charge in [-0.15, -0.1) is 0 Å². The molecule has 3 saturated heterocycles. The Morgan fingerprint density at radius 1 is 0.970 bits per heavy atom. The maximum absolute atomic E-state index is 14.6. The summed E-state index contributed by atoms with van der Waals surface area (Å²) in [5.74, 6) is -0.954. The molecule has 4 aliphatic heterocycles. The van der Waals surface area contributed by atoms with Crippen LogP contribution in [0.25, 0.3) is 16.6 Å². The molecule has 1 amide bonds. The molecule has 0 bridgehead atoms. The van der Waals surface area contributed by atoms with Crippen LogP contribution in [0.1, 0.15) is 67.1 Å². The highest BCUT2D eigenvalue weighted by Gasteiger charge is 2.44. The predicted molar refractivity (Wildman–Crippen MR) is 258 cm³/mol. The third-order valence-electron chi connectivity index (χ3n) is 13.9. The fourth-order valence-electron chi connectivity index (χ4n) is 10.3. The molecule has 16 nitrogen and oxygen atoms in total. The lowest BCUT2D eigenvalue weighted by Gasteiger charge is -2.40. The van der Waals surface area contributed by atoms with Crippen LogP contribution in [-0.4, -0.2) is 119 Å². The molecule has 3 atom stereocenters. The van der Waals surface area contributed by atoms with E-state index in [9.17, 15) is 23.3 Å². The first-order valence-electron chi connectivity index (χ1n) is 23.0. The molecule has 352 valence electrons. The van der Waals surface area contributed by atoms with Crippen LogP contribution in [0.3, 0.4) is 0 Å². The molecule has 3 aromatic carbocycles. The molecule has 10 rings (SSSR count). The van der Waals surface area contributed by atoms with Gasteiger partial charge in [-0.05, 0) is 96.8 Å². The van der Waals surface area contributed by atoms with Gasteiger partial charge in [-0.2, -0.15) is 0 Å². The highest BCUT2D eigenvalue weighted by atomic mass is 35.5. The first-order chi connectivity index (χ1) is 32.3. The zero-order valence-electron chi connectivity index (χ0n) is 37.6. The number of ether oxygens (including phenoxy) is 3. The minimum atomic E-state index is -4.60. The predicted octanol–water partition coefficient (Wildman–Crippen LogP) is 7.88. The number of rotatable bonds is 12. The molecule has 1 aliphatic carbocycles. The van der Waals surface area contributed by atoms with Crippen molar-refractivity contribution in [2.45, 2.75) is 62.5 Å². The minimum Gasteiger partial charge on any atom is -0.381 e. The summed E-state index contributed by atoms with van der Waals surface area (Å²) in [6, 6.07) is 21.2. The monoisotopic (exact) mass is 950 g/mol. The molecular weight excluding hydrogens is 896 g/mol. The van der Waals surface area contributed by atoms with Crippen LogP contribution in [0.15, 0.2) is 89.5 Å². The van der Waals surface area contributed by atoms with E-state index in [4.69, 9.17) is 30.8 Å². The van der Waals surface area contributed by atoms with Crippen molar-refractivity contribution in [3.05, 3.63) is 117 Å². The number of allylic oxidation sites excluding steroid dienone is 1. The number of H-pyrrole nitrogens is 1. The van der Waals surface area contributed by atoms with E-state index in [1.807, 2.05) is 36.5 Å². The van der Waals surface area contributed by atoms with Crippen molar-refractivity contribution in [2.24, 2.45) is 5.41 Å². The maximum Gasteiger partial charge on any atom is 0.293 e. The molecule has 5 aliphatic rings. The summed E-state index contributed by atoms with van der Waals surface area (Å²) in [4.78, 5) is 41.0. The number of amides is 1. The number of aromatic nitrogens is 2. The van der Waals surface area contributed by atoms with Crippen LogP contribution in [0.4, 0.5) is 28.4 Å². The standard InChI is InChI=1S/C49H55ClN8O8S/c1-49(2)14-11-33(39(26-49)31-3-5-34(50)6-4-31)28-55-16-18-56(19-17-55)35-7-9-38(43(24-35)57-42-13-20-64-30-40(42)46-45(57)23-32-12-15-51-47(32)53-46)48(59)54-67(62,63)37-8-10-41(44(25-37)58(60)61)52-27-36-29-65-21-22-66-36/h3-10,12,15,23-25,36,40,42,52H,11,13-14,16-22,26-30H2,1-2H3,(H,51,53)(H,54,59)/t36-,40?,42?/m0/s1. The van der Waals surface area contributed by atoms with Crippen molar-refractivity contribution < 1.29 is 32.3 Å². The van der Waals surface area contributed by atoms with Crippen LogP contribution in [0, 0.1) is 15.5 Å². The first-order valence-corrected chi connectivity index (χ1v) is 24.9. The number of piperazine rings is 1. The quantitative estimate of drug-likeness (QED) is 0.0812. The number of fused-ring (bicyclic) bond motifs is 4. The molecule has 0 spiro atoms.